The molecule has 0 bridgehead atoms. The van der Waals surface area contributed by atoms with Crippen molar-refractivity contribution in [3.63, 3.8) is 0 Å². The summed E-state index contributed by atoms with van der Waals surface area (Å²) in [5.41, 5.74) is 1.71. The highest BCUT2D eigenvalue weighted by Gasteiger charge is 2.09. The van der Waals surface area contributed by atoms with Crippen molar-refractivity contribution in [2.24, 2.45) is 0 Å². The number of hydrogen-bond acceptors (Lipinski definition) is 1. The molecule has 15 heavy (non-hydrogen) atoms. The van der Waals surface area contributed by atoms with Crippen LogP contribution in [-0.2, 0) is 6.54 Å². The summed E-state index contributed by atoms with van der Waals surface area (Å²) in [4.78, 5) is 4.40. The first kappa shape index (κ1) is 10.6. The molecule has 0 radical (unpaired) electrons. The third kappa shape index (κ3) is 1.78. The highest BCUT2D eigenvalue weighted by molar-refractivity contribution is 9.10. The predicted octanol–water partition coefficient (Wildman–Crippen LogP) is 3.66. The lowest BCUT2D eigenvalue weighted by atomic mass is 10.3. The first-order chi connectivity index (χ1) is 7.13. The van der Waals surface area contributed by atoms with Crippen molar-refractivity contribution >= 4 is 27.0 Å². The van der Waals surface area contributed by atoms with Gasteiger partial charge in [-0.1, -0.05) is 6.92 Å². The lowest BCUT2D eigenvalue weighted by molar-refractivity contribution is 0.619. The second-order valence-electron chi connectivity index (χ2n) is 3.57. The molecule has 2 rings (SSSR count). The second kappa shape index (κ2) is 3.93. The van der Waals surface area contributed by atoms with Gasteiger partial charge in [-0.15, -0.1) is 0 Å². The molecule has 0 aliphatic carbocycles. The highest BCUT2D eigenvalue weighted by Crippen LogP contribution is 2.24. The Bertz CT molecular complexity index is 505. The van der Waals surface area contributed by atoms with Gasteiger partial charge in [0.05, 0.1) is 15.5 Å². The molecule has 1 heterocycles. The summed E-state index contributed by atoms with van der Waals surface area (Å²) in [6.45, 7) is 4.92. The van der Waals surface area contributed by atoms with Crippen LogP contribution in [-0.4, -0.2) is 9.55 Å². The number of hydrogen-bond donors (Lipinski definition) is 0. The molecule has 0 aliphatic heterocycles. The van der Waals surface area contributed by atoms with Crippen LogP contribution < -0.4 is 0 Å². The van der Waals surface area contributed by atoms with Crippen LogP contribution in [0.15, 0.2) is 16.6 Å². The normalized spacial score (nSPS) is 11.2. The van der Waals surface area contributed by atoms with Gasteiger partial charge < -0.3 is 4.57 Å². The van der Waals surface area contributed by atoms with Crippen molar-refractivity contribution in [3.05, 3.63) is 28.2 Å². The van der Waals surface area contributed by atoms with E-state index in [0.717, 1.165) is 29.8 Å². The summed E-state index contributed by atoms with van der Waals surface area (Å²) >= 11 is 3.16. The Labute approximate surface area is 96.2 Å². The zero-order chi connectivity index (χ0) is 11.0. The summed E-state index contributed by atoms with van der Waals surface area (Å²) in [6.07, 6.45) is 1.02. The van der Waals surface area contributed by atoms with E-state index >= 15 is 0 Å². The smallest absolute Gasteiger partial charge is 0.139 e. The number of imidazole rings is 1. The molecular weight excluding hydrogens is 259 g/mol. The largest absolute Gasteiger partial charge is 0.328 e. The molecule has 1 aromatic heterocycles. The maximum atomic E-state index is 13.4. The number of aryl methyl sites for hydroxylation is 2. The summed E-state index contributed by atoms with van der Waals surface area (Å²) < 4.78 is 15.9. The molecule has 0 spiro atoms. The molecule has 4 heteroatoms. The van der Waals surface area contributed by atoms with E-state index in [1.165, 1.54) is 6.07 Å². The van der Waals surface area contributed by atoms with Gasteiger partial charge in [-0.05, 0) is 35.3 Å². The van der Waals surface area contributed by atoms with E-state index in [9.17, 15) is 4.39 Å². The van der Waals surface area contributed by atoms with Crippen LogP contribution >= 0.6 is 15.9 Å². The van der Waals surface area contributed by atoms with Gasteiger partial charge in [-0.2, -0.15) is 0 Å². The van der Waals surface area contributed by atoms with Crippen molar-refractivity contribution < 1.29 is 4.39 Å². The quantitative estimate of drug-likeness (QED) is 0.815. The van der Waals surface area contributed by atoms with Crippen molar-refractivity contribution in [2.75, 3.05) is 0 Å². The van der Waals surface area contributed by atoms with E-state index in [-0.39, 0.29) is 5.82 Å². The SMILES string of the molecule is CCCn1c(C)nc2cc(Br)c(F)cc21. The average molecular weight is 271 g/mol. The predicted molar refractivity (Wildman–Crippen MR) is 62.4 cm³/mol. The fourth-order valence-corrected chi connectivity index (χ4v) is 2.08. The monoisotopic (exact) mass is 270 g/mol. The van der Waals surface area contributed by atoms with Gasteiger partial charge in [0.15, 0.2) is 0 Å². The number of rotatable bonds is 2. The number of nitrogens with zero attached hydrogens (tertiary/aromatic N) is 2. The Morgan fingerprint density at radius 2 is 2.20 bits per heavy atom. The summed E-state index contributed by atoms with van der Waals surface area (Å²) in [6, 6.07) is 3.26. The Balaban J connectivity index is 2.70. The zero-order valence-electron chi connectivity index (χ0n) is 8.72. The lowest BCUT2D eigenvalue weighted by Crippen LogP contribution is -1.99. The molecule has 80 valence electrons. The molecule has 0 amide bonds. The molecule has 2 aromatic rings. The highest BCUT2D eigenvalue weighted by atomic mass is 79.9. The Kier molecular flexibility index (Phi) is 2.78. The van der Waals surface area contributed by atoms with E-state index in [2.05, 4.69) is 27.8 Å². The second-order valence-corrected chi connectivity index (χ2v) is 4.42. The molecule has 2 nitrogen and oxygen atoms in total. The van der Waals surface area contributed by atoms with Crippen molar-refractivity contribution in [3.8, 4) is 0 Å². The van der Waals surface area contributed by atoms with E-state index in [4.69, 9.17) is 0 Å². The van der Waals surface area contributed by atoms with Gasteiger partial charge in [0, 0.05) is 12.6 Å². The van der Waals surface area contributed by atoms with Gasteiger partial charge in [-0.25, -0.2) is 9.37 Å². The van der Waals surface area contributed by atoms with Gasteiger partial charge >= 0.3 is 0 Å². The molecule has 0 aliphatic rings. The third-order valence-electron chi connectivity index (χ3n) is 2.43. The summed E-state index contributed by atoms with van der Waals surface area (Å²) in [5.74, 6) is 0.698. The zero-order valence-corrected chi connectivity index (χ0v) is 10.3. The first-order valence-corrected chi connectivity index (χ1v) is 5.74. The third-order valence-corrected chi connectivity index (χ3v) is 3.04. The average Bonchev–Trinajstić information content (AvgIpc) is 2.46. The minimum absolute atomic E-state index is 0.236. The summed E-state index contributed by atoms with van der Waals surface area (Å²) in [5, 5.41) is 0. The van der Waals surface area contributed by atoms with Gasteiger partial charge in [0.25, 0.3) is 0 Å². The van der Waals surface area contributed by atoms with Crippen LogP contribution in [0.2, 0.25) is 0 Å². The molecule has 0 saturated heterocycles. The van der Waals surface area contributed by atoms with Crippen molar-refractivity contribution in [2.45, 2.75) is 26.8 Å². The maximum Gasteiger partial charge on any atom is 0.139 e. The van der Waals surface area contributed by atoms with Crippen LogP contribution in [0.5, 0.6) is 0 Å². The van der Waals surface area contributed by atoms with Crippen LogP contribution in [0, 0.1) is 12.7 Å². The first-order valence-electron chi connectivity index (χ1n) is 4.95. The molecule has 1 aromatic carbocycles. The minimum atomic E-state index is -0.236. The van der Waals surface area contributed by atoms with Gasteiger partial charge in [0.1, 0.15) is 11.6 Å². The minimum Gasteiger partial charge on any atom is -0.328 e. The van der Waals surface area contributed by atoms with Gasteiger partial charge in [0.2, 0.25) is 0 Å². The van der Waals surface area contributed by atoms with Crippen molar-refractivity contribution in [1.82, 2.24) is 9.55 Å². The number of aromatic nitrogens is 2. The number of benzene rings is 1. The van der Waals surface area contributed by atoms with E-state index < -0.39 is 0 Å². The molecule has 0 saturated carbocycles. The van der Waals surface area contributed by atoms with Crippen LogP contribution in [0.25, 0.3) is 11.0 Å². The van der Waals surface area contributed by atoms with E-state index in [1.807, 2.05) is 11.5 Å². The molecule has 0 unspecified atom stereocenters. The molecule has 0 atom stereocenters. The standard InChI is InChI=1S/C11H12BrFN2/c1-3-4-15-7(2)14-10-5-8(12)9(13)6-11(10)15/h5-6H,3-4H2,1-2H3. The van der Waals surface area contributed by atoms with E-state index in [0.29, 0.717) is 4.47 Å². The lowest BCUT2D eigenvalue weighted by Gasteiger charge is -2.04. The van der Waals surface area contributed by atoms with Gasteiger partial charge in [-0.3, -0.25) is 0 Å². The van der Waals surface area contributed by atoms with Crippen molar-refractivity contribution in [1.29, 1.82) is 0 Å². The Morgan fingerprint density at radius 3 is 2.87 bits per heavy atom. The molecule has 0 fully saturated rings. The maximum absolute atomic E-state index is 13.4. The Morgan fingerprint density at radius 1 is 1.47 bits per heavy atom. The number of halogens is 2. The van der Waals surface area contributed by atoms with Crippen LogP contribution in [0.4, 0.5) is 4.39 Å². The molecular formula is C11H12BrFN2. The molecule has 0 N–H and O–H groups in total. The Hall–Kier alpha value is -0.900. The summed E-state index contributed by atoms with van der Waals surface area (Å²) in [7, 11) is 0. The van der Waals surface area contributed by atoms with E-state index in [1.54, 1.807) is 6.07 Å². The fraction of sp³-hybridized carbons (Fsp3) is 0.364. The fourth-order valence-electron chi connectivity index (χ4n) is 1.75. The number of fused-ring (bicyclic) bond motifs is 1. The van der Waals surface area contributed by atoms with Crippen LogP contribution in [0.1, 0.15) is 19.2 Å². The van der Waals surface area contributed by atoms with Crippen LogP contribution in [0.3, 0.4) is 0 Å². The topological polar surface area (TPSA) is 17.8 Å².